The Morgan fingerprint density at radius 2 is 1.84 bits per heavy atom. The van der Waals surface area contributed by atoms with Gasteiger partial charge >= 0.3 is 0 Å². The SMILES string of the molecule is CC(C)(C)NS(=O)(=O)c1cccc(NC(=O)CCc2ncc(-c3ccc(Cl)cc3)o2)c1. The van der Waals surface area contributed by atoms with Crippen LogP contribution in [0.25, 0.3) is 11.3 Å². The number of sulfonamides is 1. The van der Waals surface area contributed by atoms with Crippen molar-refractivity contribution < 1.29 is 17.6 Å². The summed E-state index contributed by atoms with van der Waals surface area (Å²) in [5.74, 6) is 0.756. The molecule has 9 heteroatoms. The first-order valence-electron chi connectivity index (χ1n) is 9.66. The number of hydrogen-bond donors (Lipinski definition) is 2. The van der Waals surface area contributed by atoms with Gasteiger partial charge in [0.25, 0.3) is 0 Å². The van der Waals surface area contributed by atoms with Gasteiger partial charge in [0.05, 0.1) is 11.1 Å². The normalized spacial score (nSPS) is 12.0. The van der Waals surface area contributed by atoms with Crippen molar-refractivity contribution in [1.82, 2.24) is 9.71 Å². The first-order valence-corrected chi connectivity index (χ1v) is 11.5. The van der Waals surface area contributed by atoms with Gasteiger partial charge in [0.2, 0.25) is 15.9 Å². The predicted octanol–water partition coefficient (Wildman–Crippen LogP) is 4.64. The summed E-state index contributed by atoms with van der Waals surface area (Å²) in [5, 5.41) is 3.35. The van der Waals surface area contributed by atoms with Crippen LogP contribution in [0.5, 0.6) is 0 Å². The Morgan fingerprint density at radius 3 is 2.52 bits per heavy atom. The number of carbonyl (C=O) groups is 1. The van der Waals surface area contributed by atoms with Crippen LogP contribution in [-0.2, 0) is 21.2 Å². The van der Waals surface area contributed by atoms with E-state index in [9.17, 15) is 13.2 Å². The fourth-order valence-corrected chi connectivity index (χ4v) is 4.41. The van der Waals surface area contributed by atoms with Crippen LogP contribution < -0.4 is 10.0 Å². The number of nitrogens with zero attached hydrogens (tertiary/aromatic N) is 1. The Morgan fingerprint density at radius 1 is 1.13 bits per heavy atom. The molecule has 3 rings (SSSR count). The first kappa shape index (κ1) is 23.0. The maximum Gasteiger partial charge on any atom is 0.241 e. The van der Waals surface area contributed by atoms with Gasteiger partial charge in [0.1, 0.15) is 0 Å². The van der Waals surface area contributed by atoms with Crippen LogP contribution in [-0.4, -0.2) is 24.8 Å². The van der Waals surface area contributed by atoms with Crippen LogP contribution in [0.15, 0.2) is 64.0 Å². The Labute approximate surface area is 186 Å². The zero-order chi connectivity index (χ0) is 22.6. The minimum absolute atomic E-state index is 0.0838. The number of hydrogen-bond acceptors (Lipinski definition) is 5. The lowest BCUT2D eigenvalue weighted by Crippen LogP contribution is -2.40. The number of amides is 1. The average Bonchev–Trinajstić information content (AvgIpc) is 3.14. The summed E-state index contributed by atoms with van der Waals surface area (Å²) in [6.45, 7) is 5.28. The van der Waals surface area contributed by atoms with Gasteiger partial charge in [-0.15, -0.1) is 0 Å². The van der Waals surface area contributed by atoms with Crippen LogP contribution in [0, 0.1) is 0 Å². The summed E-state index contributed by atoms with van der Waals surface area (Å²) in [6.07, 6.45) is 2.05. The number of oxazole rings is 1. The molecule has 0 aliphatic rings. The molecule has 0 saturated carbocycles. The topological polar surface area (TPSA) is 101 Å². The monoisotopic (exact) mass is 461 g/mol. The summed E-state index contributed by atoms with van der Waals surface area (Å²) in [4.78, 5) is 16.6. The van der Waals surface area contributed by atoms with E-state index in [0.29, 0.717) is 28.8 Å². The first-order chi connectivity index (χ1) is 14.5. The van der Waals surface area contributed by atoms with Crippen LogP contribution in [0.4, 0.5) is 5.69 Å². The van der Waals surface area contributed by atoms with Gasteiger partial charge in [-0.1, -0.05) is 17.7 Å². The van der Waals surface area contributed by atoms with Gasteiger partial charge in [-0.05, 0) is 63.2 Å². The van der Waals surface area contributed by atoms with Crippen molar-refractivity contribution >= 4 is 33.2 Å². The number of benzene rings is 2. The molecule has 0 bridgehead atoms. The minimum Gasteiger partial charge on any atom is -0.441 e. The van der Waals surface area contributed by atoms with E-state index in [1.807, 2.05) is 12.1 Å². The van der Waals surface area contributed by atoms with Crippen molar-refractivity contribution in [2.24, 2.45) is 0 Å². The van der Waals surface area contributed by atoms with Gasteiger partial charge in [-0.3, -0.25) is 4.79 Å². The lowest BCUT2D eigenvalue weighted by Gasteiger charge is -2.20. The number of nitrogens with one attached hydrogen (secondary N) is 2. The van der Waals surface area contributed by atoms with Gasteiger partial charge in [0.15, 0.2) is 11.7 Å². The van der Waals surface area contributed by atoms with E-state index in [1.165, 1.54) is 12.1 Å². The van der Waals surface area contributed by atoms with Gasteiger partial charge in [0, 0.05) is 34.7 Å². The van der Waals surface area contributed by atoms with Crippen molar-refractivity contribution in [2.75, 3.05) is 5.32 Å². The Bertz CT molecular complexity index is 1170. The van der Waals surface area contributed by atoms with Crippen LogP contribution >= 0.6 is 11.6 Å². The number of carbonyl (C=O) groups excluding carboxylic acids is 1. The molecule has 0 spiro atoms. The molecule has 164 valence electrons. The van der Waals surface area contributed by atoms with Crippen molar-refractivity contribution in [2.45, 2.75) is 44.0 Å². The number of aryl methyl sites for hydroxylation is 1. The third-order valence-corrected chi connectivity index (χ3v) is 6.12. The second-order valence-electron chi connectivity index (χ2n) is 8.06. The lowest BCUT2D eigenvalue weighted by molar-refractivity contribution is -0.116. The average molecular weight is 462 g/mol. The summed E-state index contributed by atoms with van der Waals surface area (Å²) in [5.41, 5.74) is 0.629. The molecule has 1 aromatic heterocycles. The zero-order valence-electron chi connectivity index (χ0n) is 17.5. The van der Waals surface area contributed by atoms with Crippen LogP contribution in [0.3, 0.4) is 0 Å². The second-order valence-corrected chi connectivity index (χ2v) is 10.2. The minimum atomic E-state index is -3.69. The highest BCUT2D eigenvalue weighted by atomic mass is 35.5. The number of rotatable bonds is 7. The molecule has 0 fully saturated rings. The van der Waals surface area contributed by atoms with E-state index >= 15 is 0 Å². The van der Waals surface area contributed by atoms with E-state index in [2.05, 4.69) is 15.0 Å². The largest absolute Gasteiger partial charge is 0.441 e. The van der Waals surface area contributed by atoms with Crippen LogP contribution in [0.1, 0.15) is 33.1 Å². The number of aromatic nitrogens is 1. The molecule has 0 aliphatic carbocycles. The maximum absolute atomic E-state index is 12.5. The third-order valence-electron chi connectivity index (χ3n) is 4.12. The van der Waals surface area contributed by atoms with Crippen molar-refractivity contribution in [3.05, 3.63) is 65.6 Å². The highest BCUT2D eigenvalue weighted by Gasteiger charge is 2.22. The van der Waals surface area contributed by atoms with E-state index < -0.39 is 15.6 Å². The van der Waals surface area contributed by atoms with E-state index in [4.69, 9.17) is 16.0 Å². The van der Waals surface area contributed by atoms with E-state index in [1.54, 1.807) is 51.2 Å². The molecule has 0 aliphatic heterocycles. The molecular formula is C22H24ClN3O4S. The Balaban J connectivity index is 1.60. The molecule has 0 unspecified atom stereocenters. The van der Waals surface area contributed by atoms with Gasteiger partial charge in [-0.25, -0.2) is 18.1 Å². The predicted molar refractivity (Wildman–Crippen MR) is 120 cm³/mol. The quantitative estimate of drug-likeness (QED) is 0.533. The van der Waals surface area contributed by atoms with E-state index in [0.717, 1.165) is 5.56 Å². The van der Waals surface area contributed by atoms with Gasteiger partial charge in [-0.2, -0.15) is 0 Å². The molecule has 1 heterocycles. The summed E-state index contributed by atoms with van der Waals surface area (Å²) < 4.78 is 33.3. The van der Waals surface area contributed by atoms with Gasteiger partial charge < -0.3 is 9.73 Å². The maximum atomic E-state index is 12.5. The highest BCUT2D eigenvalue weighted by molar-refractivity contribution is 7.89. The number of anilines is 1. The fraction of sp³-hybridized carbons (Fsp3) is 0.273. The fourth-order valence-electron chi connectivity index (χ4n) is 2.82. The van der Waals surface area contributed by atoms with Crippen molar-refractivity contribution in [1.29, 1.82) is 0 Å². The third kappa shape index (κ3) is 6.65. The summed E-state index contributed by atoms with van der Waals surface area (Å²) in [7, 11) is -3.69. The Kier molecular flexibility index (Phi) is 6.83. The molecule has 3 aromatic rings. The smallest absolute Gasteiger partial charge is 0.241 e. The van der Waals surface area contributed by atoms with E-state index in [-0.39, 0.29) is 17.2 Å². The summed E-state index contributed by atoms with van der Waals surface area (Å²) in [6, 6.07) is 13.3. The second kappa shape index (κ2) is 9.21. The standard InChI is InChI=1S/C22H24ClN3O4S/c1-22(2,3)26-31(28,29)18-6-4-5-17(13-18)25-20(27)11-12-21-24-14-19(30-21)15-7-9-16(23)10-8-15/h4-10,13-14,26H,11-12H2,1-3H3,(H,25,27). The molecule has 0 radical (unpaired) electrons. The molecule has 2 aromatic carbocycles. The van der Waals surface area contributed by atoms with Crippen LogP contribution in [0.2, 0.25) is 5.02 Å². The zero-order valence-corrected chi connectivity index (χ0v) is 19.0. The Hall–Kier alpha value is -2.68. The van der Waals surface area contributed by atoms with Crippen molar-refractivity contribution in [3.8, 4) is 11.3 Å². The lowest BCUT2D eigenvalue weighted by atomic mass is 10.1. The molecular weight excluding hydrogens is 438 g/mol. The summed E-state index contributed by atoms with van der Waals surface area (Å²) >= 11 is 5.89. The highest BCUT2D eigenvalue weighted by Crippen LogP contribution is 2.23. The molecule has 0 atom stereocenters. The molecule has 2 N–H and O–H groups in total. The molecule has 31 heavy (non-hydrogen) atoms. The molecule has 1 amide bonds. The number of halogens is 1. The molecule has 7 nitrogen and oxygen atoms in total. The molecule has 0 saturated heterocycles. The van der Waals surface area contributed by atoms with Crippen molar-refractivity contribution in [3.63, 3.8) is 0 Å².